The number of carbonyl (C=O) groups excluding carboxylic acids is 2. The van der Waals surface area contributed by atoms with E-state index in [4.69, 9.17) is 16.3 Å². The maximum absolute atomic E-state index is 12.7. The van der Waals surface area contributed by atoms with Crippen molar-refractivity contribution in [2.45, 2.75) is 38.8 Å². The fraction of sp³-hybridized carbons (Fsp3) is 0.364. The molecule has 1 saturated heterocycles. The number of nitrogens with zero attached hydrogens (tertiary/aromatic N) is 1. The Kier molecular flexibility index (Phi) is 7.56. The zero-order valence-corrected chi connectivity index (χ0v) is 18.6. The lowest BCUT2D eigenvalue weighted by Crippen LogP contribution is -2.36. The molecule has 2 amide bonds. The van der Waals surface area contributed by atoms with E-state index in [1.807, 2.05) is 29.2 Å². The van der Waals surface area contributed by atoms with E-state index >= 15 is 0 Å². The molecule has 0 bridgehead atoms. The van der Waals surface area contributed by atoms with Gasteiger partial charge in [0.1, 0.15) is 5.75 Å². The Morgan fingerprint density at radius 3 is 2.66 bits per heavy atom. The van der Waals surface area contributed by atoms with Crippen molar-refractivity contribution in [1.29, 1.82) is 0 Å². The molecular formula is C22H24BrClN2O3. The van der Waals surface area contributed by atoms with Gasteiger partial charge in [0.05, 0.1) is 4.47 Å². The number of piperidine rings is 1. The van der Waals surface area contributed by atoms with Crippen molar-refractivity contribution in [3.63, 3.8) is 0 Å². The molecule has 29 heavy (non-hydrogen) atoms. The van der Waals surface area contributed by atoms with Gasteiger partial charge in [-0.15, -0.1) is 0 Å². The number of ether oxygens (including phenoxy) is 1. The number of likely N-dealkylation sites (tertiary alicyclic amines) is 1. The lowest BCUT2D eigenvalue weighted by Gasteiger charge is -2.26. The van der Waals surface area contributed by atoms with Crippen LogP contribution in [0.1, 0.15) is 42.1 Å². The van der Waals surface area contributed by atoms with Crippen LogP contribution < -0.4 is 10.1 Å². The number of hydrogen-bond donors (Lipinski definition) is 1. The summed E-state index contributed by atoms with van der Waals surface area (Å²) in [4.78, 5) is 27.0. The number of nitrogens with one attached hydrogen (secondary N) is 1. The maximum Gasteiger partial charge on any atom is 0.261 e. The van der Waals surface area contributed by atoms with E-state index in [-0.39, 0.29) is 11.8 Å². The monoisotopic (exact) mass is 478 g/mol. The van der Waals surface area contributed by atoms with Crippen molar-refractivity contribution in [3.8, 4) is 5.75 Å². The first-order chi connectivity index (χ1) is 13.9. The first-order valence-corrected chi connectivity index (χ1v) is 10.9. The van der Waals surface area contributed by atoms with E-state index in [0.717, 1.165) is 31.5 Å². The third-order valence-electron chi connectivity index (χ3n) is 4.85. The van der Waals surface area contributed by atoms with Crippen LogP contribution in [0.5, 0.6) is 5.75 Å². The standard InChI is InChI=1S/C22H24BrClN2O3/c1-15(29-20-9-8-18(24)13-19(20)23)21(27)25-14-16-6-5-7-17(12-16)22(28)26-10-3-2-4-11-26/h5-9,12-13,15H,2-4,10-11,14H2,1H3,(H,25,27). The minimum Gasteiger partial charge on any atom is -0.480 e. The lowest BCUT2D eigenvalue weighted by molar-refractivity contribution is -0.127. The molecule has 0 spiro atoms. The summed E-state index contributed by atoms with van der Waals surface area (Å²) in [6.45, 7) is 3.64. The summed E-state index contributed by atoms with van der Waals surface area (Å²) in [6.07, 6.45) is 2.63. The number of carbonyl (C=O) groups is 2. The molecule has 2 aromatic carbocycles. The van der Waals surface area contributed by atoms with E-state index in [1.165, 1.54) is 6.42 Å². The topological polar surface area (TPSA) is 58.6 Å². The van der Waals surface area contributed by atoms with Gasteiger partial charge in [-0.1, -0.05) is 23.7 Å². The average molecular weight is 480 g/mol. The Labute approximate surface area is 184 Å². The maximum atomic E-state index is 12.7. The van der Waals surface area contributed by atoms with Gasteiger partial charge in [-0.2, -0.15) is 0 Å². The molecule has 1 fully saturated rings. The minimum atomic E-state index is -0.675. The van der Waals surface area contributed by atoms with E-state index in [0.29, 0.717) is 27.4 Å². The van der Waals surface area contributed by atoms with Crippen LogP contribution in [-0.4, -0.2) is 35.9 Å². The lowest BCUT2D eigenvalue weighted by atomic mass is 10.1. The number of hydrogen-bond acceptors (Lipinski definition) is 3. The predicted octanol–water partition coefficient (Wildman–Crippen LogP) is 4.81. The van der Waals surface area contributed by atoms with Crippen molar-refractivity contribution in [1.82, 2.24) is 10.2 Å². The summed E-state index contributed by atoms with van der Waals surface area (Å²) in [5.41, 5.74) is 1.54. The van der Waals surface area contributed by atoms with Crippen molar-refractivity contribution in [2.24, 2.45) is 0 Å². The van der Waals surface area contributed by atoms with Crippen LogP contribution >= 0.6 is 27.5 Å². The first kappa shape index (κ1) is 21.7. The van der Waals surface area contributed by atoms with E-state index in [9.17, 15) is 9.59 Å². The smallest absolute Gasteiger partial charge is 0.261 e. The molecule has 0 saturated carbocycles. The number of benzene rings is 2. The quantitative estimate of drug-likeness (QED) is 0.647. The van der Waals surface area contributed by atoms with Gasteiger partial charge in [0, 0.05) is 30.2 Å². The van der Waals surface area contributed by atoms with E-state index < -0.39 is 6.10 Å². The van der Waals surface area contributed by atoms with Gasteiger partial charge in [0.25, 0.3) is 11.8 Å². The summed E-state index contributed by atoms with van der Waals surface area (Å²) in [5.74, 6) is 0.368. The Bertz CT molecular complexity index is 884. The van der Waals surface area contributed by atoms with Gasteiger partial charge in [-0.25, -0.2) is 0 Å². The third-order valence-corrected chi connectivity index (χ3v) is 5.71. The molecule has 1 heterocycles. The van der Waals surface area contributed by atoms with Crippen LogP contribution in [0.25, 0.3) is 0 Å². The van der Waals surface area contributed by atoms with Crippen LogP contribution in [0, 0.1) is 0 Å². The molecule has 0 radical (unpaired) electrons. The molecule has 1 aliphatic rings. The van der Waals surface area contributed by atoms with Crippen molar-refractivity contribution in [2.75, 3.05) is 13.1 Å². The summed E-state index contributed by atoms with van der Waals surface area (Å²) in [7, 11) is 0. The minimum absolute atomic E-state index is 0.0576. The highest BCUT2D eigenvalue weighted by Crippen LogP contribution is 2.28. The first-order valence-electron chi connectivity index (χ1n) is 9.71. The van der Waals surface area contributed by atoms with Gasteiger partial charge in [-0.05, 0) is 78.0 Å². The Morgan fingerprint density at radius 2 is 1.93 bits per heavy atom. The van der Waals surface area contributed by atoms with Gasteiger partial charge in [0.15, 0.2) is 6.10 Å². The average Bonchev–Trinajstić information content (AvgIpc) is 2.74. The van der Waals surface area contributed by atoms with Gasteiger partial charge < -0.3 is 15.0 Å². The molecule has 1 N–H and O–H groups in total. The van der Waals surface area contributed by atoms with Crippen molar-refractivity contribution in [3.05, 3.63) is 63.1 Å². The second-order valence-electron chi connectivity index (χ2n) is 7.11. The van der Waals surface area contributed by atoms with E-state index in [2.05, 4.69) is 21.2 Å². The van der Waals surface area contributed by atoms with Crippen LogP contribution in [0.4, 0.5) is 0 Å². The summed E-state index contributed by atoms with van der Waals surface area (Å²) in [5, 5.41) is 3.45. The molecule has 3 rings (SSSR count). The molecule has 1 unspecified atom stereocenters. The molecule has 1 aliphatic heterocycles. The third kappa shape index (κ3) is 5.97. The molecule has 0 aliphatic carbocycles. The Hall–Kier alpha value is -2.05. The molecule has 5 nitrogen and oxygen atoms in total. The highest BCUT2D eigenvalue weighted by molar-refractivity contribution is 9.10. The molecular weight excluding hydrogens is 456 g/mol. The van der Waals surface area contributed by atoms with Crippen LogP contribution in [-0.2, 0) is 11.3 Å². The second kappa shape index (κ2) is 10.1. The summed E-state index contributed by atoms with van der Waals surface area (Å²) in [6, 6.07) is 12.6. The van der Waals surface area contributed by atoms with Gasteiger partial charge >= 0.3 is 0 Å². The summed E-state index contributed by atoms with van der Waals surface area (Å²) < 4.78 is 6.40. The van der Waals surface area contributed by atoms with Crippen molar-refractivity contribution < 1.29 is 14.3 Å². The van der Waals surface area contributed by atoms with E-state index in [1.54, 1.807) is 25.1 Å². The van der Waals surface area contributed by atoms with Gasteiger partial charge in [0.2, 0.25) is 0 Å². The fourth-order valence-corrected chi connectivity index (χ4v) is 4.02. The predicted molar refractivity (Wildman–Crippen MR) is 117 cm³/mol. The normalized spacial score (nSPS) is 14.9. The molecule has 154 valence electrons. The van der Waals surface area contributed by atoms with Crippen molar-refractivity contribution >= 4 is 39.3 Å². The zero-order valence-electron chi connectivity index (χ0n) is 16.3. The molecule has 1 atom stereocenters. The van der Waals surface area contributed by atoms with Gasteiger partial charge in [-0.3, -0.25) is 9.59 Å². The number of amides is 2. The summed E-state index contributed by atoms with van der Waals surface area (Å²) >= 11 is 9.30. The van der Waals surface area contributed by atoms with Crippen LogP contribution in [0.3, 0.4) is 0 Å². The molecule has 7 heteroatoms. The molecule has 2 aromatic rings. The highest BCUT2D eigenvalue weighted by atomic mass is 79.9. The number of halogens is 2. The van der Waals surface area contributed by atoms with Crippen LogP contribution in [0.2, 0.25) is 5.02 Å². The fourth-order valence-electron chi connectivity index (χ4n) is 3.24. The number of rotatable bonds is 6. The Morgan fingerprint density at radius 1 is 1.17 bits per heavy atom. The SMILES string of the molecule is CC(Oc1ccc(Cl)cc1Br)C(=O)NCc1cccc(C(=O)N2CCCCC2)c1. The zero-order chi connectivity index (χ0) is 20.8. The Balaban J connectivity index is 1.56. The second-order valence-corrected chi connectivity index (χ2v) is 8.40. The van der Waals surface area contributed by atoms with Crippen LogP contribution in [0.15, 0.2) is 46.9 Å². The molecule has 0 aromatic heterocycles. The largest absolute Gasteiger partial charge is 0.480 e. The highest BCUT2D eigenvalue weighted by Gasteiger charge is 2.19.